The number of hydrogen-bond donors (Lipinski definition) is 2. The molecule has 5 nitrogen and oxygen atoms in total. The van der Waals surface area contributed by atoms with Gasteiger partial charge in [0.05, 0.1) is 31.5 Å². The number of aliphatic hydroxyl groups excluding tert-OH is 1. The van der Waals surface area contributed by atoms with Crippen LogP contribution in [0, 0.1) is 0 Å². The van der Waals surface area contributed by atoms with Crippen molar-refractivity contribution in [3.63, 3.8) is 0 Å². The van der Waals surface area contributed by atoms with Gasteiger partial charge in [-0.25, -0.2) is 4.98 Å². The average molecular weight is 222 g/mol. The second kappa shape index (κ2) is 5.48. The summed E-state index contributed by atoms with van der Waals surface area (Å²) in [5.41, 5.74) is 0.814. The highest BCUT2D eigenvalue weighted by atomic mass is 16.5. The molecular weight excluding hydrogens is 208 g/mol. The lowest BCUT2D eigenvalue weighted by Gasteiger charge is -2.06. The predicted octanol–water partition coefficient (Wildman–Crippen LogP) is 1.25. The maximum atomic E-state index is 8.53. The van der Waals surface area contributed by atoms with Gasteiger partial charge in [-0.2, -0.15) is 0 Å². The first-order chi connectivity index (χ1) is 7.92. The summed E-state index contributed by atoms with van der Waals surface area (Å²) in [6.07, 6.45) is 3.34. The molecule has 2 aromatic heterocycles. The van der Waals surface area contributed by atoms with Gasteiger partial charge in [-0.3, -0.25) is 0 Å². The highest BCUT2D eigenvalue weighted by molar-refractivity contribution is 5.87. The van der Waals surface area contributed by atoms with Gasteiger partial charge in [-0.15, -0.1) is 0 Å². The van der Waals surface area contributed by atoms with Crippen LogP contribution >= 0.6 is 0 Å². The largest absolute Gasteiger partial charge is 0.464 e. The Labute approximate surface area is 93.0 Å². The first kappa shape index (κ1) is 10.9. The van der Waals surface area contributed by atoms with Crippen LogP contribution < -0.4 is 5.32 Å². The summed E-state index contributed by atoms with van der Waals surface area (Å²) in [6.45, 7) is 1.61. The van der Waals surface area contributed by atoms with Crippen molar-refractivity contribution in [2.75, 3.05) is 31.7 Å². The van der Waals surface area contributed by atoms with Crippen molar-refractivity contribution in [1.82, 2.24) is 4.98 Å². The van der Waals surface area contributed by atoms with Gasteiger partial charge >= 0.3 is 0 Å². The number of rotatable bonds is 6. The third kappa shape index (κ3) is 2.50. The van der Waals surface area contributed by atoms with Crippen LogP contribution in [0.1, 0.15) is 0 Å². The SMILES string of the molecule is OCCOCCNc1nccc2occc12. The monoisotopic (exact) mass is 222 g/mol. The fourth-order valence-corrected chi connectivity index (χ4v) is 1.44. The smallest absolute Gasteiger partial charge is 0.139 e. The molecule has 0 fully saturated rings. The summed E-state index contributed by atoms with van der Waals surface area (Å²) in [7, 11) is 0. The topological polar surface area (TPSA) is 67.5 Å². The second-order valence-electron chi connectivity index (χ2n) is 3.25. The number of nitrogens with one attached hydrogen (secondary N) is 1. The van der Waals surface area contributed by atoms with Crippen molar-refractivity contribution in [3.8, 4) is 0 Å². The van der Waals surface area contributed by atoms with E-state index >= 15 is 0 Å². The van der Waals surface area contributed by atoms with E-state index in [-0.39, 0.29) is 6.61 Å². The molecule has 2 rings (SSSR count). The van der Waals surface area contributed by atoms with E-state index in [0.29, 0.717) is 19.8 Å². The lowest BCUT2D eigenvalue weighted by Crippen LogP contribution is -2.12. The first-order valence-corrected chi connectivity index (χ1v) is 5.16. The molecule has 0 saturated carbocycles. The minimum absolute atomic E-state index is 0.0512. The molecule has 0 bridgehead atoms. The molecule has 5 heteroatoms. The second-order valence-corrected chi connectivity index (χ2v) is 3.25. The van der Waals surface area contributed by atoms with Crippen LogP contribution in [0.2, 0.25) is 0 Å². The summed E-state index contributed by atoms with van der Waals surface area (Å²) in [6, 6.07) is 3.70. The summed E-state index contributed by atoms with van der Waals surface area (Å²) in [5, 5.41) is 12.6. The fourth-order valence-electron chi connectivity index (χ4n) is 1.44. The normalized spacial score (nSPS) is 10.8. The lowest BCUT2D eigenvalue weighted by atomic mass is 10.3. The van der Waals surface area contributed by atoms with E-state index in [2.05, 4.69) is 10.3 Å². The number of furan rings is 1. The van der Waals surface area contributed by atoms with E-state index in [4.69, 9.17) is 14.3 Å². The maximum absolute atomic E-state index is 8.53. The van der Waals surface area contributed by atoms with Gasteiger partial charge in [0.1, 0.15) is 11.4 Å². The van der Waals surface area contributed by atoms with Crippen LogP contribution in [0.15, 0.2) is 29.0 Å². The van der Waals surface area contributed by atoms with Gasteiger partial charge in [0.15, 0.2) is 0 Å². The summed E-state index contributed by atoms with van der Waals surface area (Å²) >= 11 is 0. The number of hydrogen-bond acceptors (Lipinski definition) is 5. The molecule has 0 amide bonds. The van der Waals surface area contributed by atoms with Crippen molar-refractivity contribution in [3.05, 3.63) is 24.6 Å². The van der Waals surface area contributed by atoms with Crippen molar-refractivity contribution >= 4 is 16.8 Å². The third-order valence-electron chi connectivity index (χ3n) is 2.15. The Morgan fingerprint density at radius 1 is 1.38 bits per heavy atom. The van der Waals surface area contributed by atoms with Crippen molar-refractivity contribution in [1.29, 1.82) is 0 Å². The number of nitrogens with zero attached hydrogens (tertiary/aromatic N) is 1. The molecule has 0 spiro atoms. The minimum Gasteiger partial charge on any atom is -0.464 e. The van der Waals surface area contributed by atoms with E-state index in [9.17, 15) is 0 Å². The van der Waals surface area contributed by atoms with Crippen LogP contribution in [0.3, 0.4) is 0 Å². The molecule has 86 valence electrons. The van der Waals surface area contributed by atoms with Gasteiger partial charge in [-0.05, 0) is 12.1 Å². The number of aliphatic hydroxyl groups is 1. The molecule has 0 aliphatic heterocycles. The van der Waals surface area contributed by atoms with E-state index < -0.39 is 0 Å². The molecule has 0 radical (unpaired) electrons. The lowest BCUT2D eigenvalue weighted by molar-refractivity contribution is 0.0992. The molecule has 16 heavy (non-hydrogen) atoms. The first-order valence-electron chi connectivity index (χ1n) is 5.16. The molecule has 2 N–H and O–H groups in total. The summed E-state index contributed by atoms with van der Waals surface area (Å²) in [4.78, 5) is 4.22. The number of fused-ring (bicyclic) bond motifs is 1. The highest BCUT2D eigenvalue weighted by Gasteiger charge is 2.03. The molecule has 0 unspecified atom stereocenters. The fraction of sp³-hybridized carbons (Fsp3) is 0.364. The van der Waals surface area contributed by atoms with E-state index in [1.165, 1.54) is 0 Å². The minimum atomic E-state index is 0.0512. The number of aromatic nitrogens is 1. The Balaban J connectivity index is 1.91. The third-order valence-corrected chi connectivity index (χ3v) is 2.15. The van der Waals surface area contributed by atoms with Crippen LogP contribution in [0.4, 0.5) is 5.82 Å². The predicted molar refractivity (Wildman–Crippen MR) is 60.4 cm³/mol. The summed E-state index contributed by atoms with van der Waals surface area (Å²) in [5.74, 6) is 0.791. The number of pyridine rings is 1. The summed E-state index contributed by atoms with van der Waals surface area (Å²) < 4.78 is 10.4. The van der Waals surface area contributed by atoms with E-state index in [1.807, 2.05) is 12.1 Å². The van der Waals surface area contributed by atoms with E-state index in [1.54, 1.807) is 12.5 Å². The van der Waals surface area contributed by atoms with Gasteiger partial charge in [0.25, 0.3) is 0 Å². The molecule has 2 heterocycles. The van der Waals surface area contributed by atoms with Gasteiger partial charge in [-0.1, -0.05) is 0 Å². The van der Waals surface area contributed by atoms with Crippen LogP contribution in [0.5, 0.6) is 0 Å². The molecule has 0 atom stereocenters. The van der Waals surface area contributed by atoms with Crippen LogP contribution in [-0.2, 0) is 4.74 Å². The molecule has 2 aromatic rings. The number of ether oxygens (including phenoxy) is 1. The zero-order valence-corrected chi connectivity index (χ0v) is 8.85. The number of anilines is 1. The molecule has 0 aliphatic carbocycles. The van der Waals surface area contributed by atoms with E-state index in [0.717, 1.165) is 16.8 Å². The molecular formula is C11H14N2O3. The Morgan fingerprint density at radius 2 is 2.31 bits per heavy atom. The highest BCUT2D eigenvalue weighted by Crippen LogP contribution is 2.21. The molecule has 0 saturated heterocycles. The average Bonchev–Trinajstić information content (AvgIpc) is 2.77. The standard InChI is InChI=1S/C11H14N2O3/c14-5-8-15-7-4-13-11-9-2-6-16-10(9)1-3-12-11/h1-3,6,14H,4-5,7-8H2,(H,12,13). The quantitative estimate of drug-likeness (QED) is 0.720. The van der Waals surface area contributed by atoms with Gasteiger partial charge in [0.2, 0.25) is 0 Å². The molecule has 0 aliphatic rings. The van der Waals surface area contributed by atoms with Crippen LogP contribution in [-0.4, -0.2) is 36.5 Å². The van der Waals surface area contributed by atoms with Crippen molar-refractivity contribution in [2.24, 2.45) is 0 Å². The van der Waals surface area contributed by atoms with Crippen molar-refractivity contribution in [2.45, 2.75) is 0 Å². The Hall–Kier alpha value is -1.59. The van der Waals surface area contributed by atoms with Gasteiger partial charge < -0.3 is 19.6 Å². The maximum Gasteiger partial charge on any atom is 0.139 e. The zero-order valence-electron chi connectivity index (χ0n) is 8.85. The van der Waals surface area contributed by atoms with Gasteiger partial charge in [0, 0.05) is 12.7 Å². The molecule has 0 aromatic carbocycles. The van der Waals surface area contributed by atoms with Crippen LogP contribution in [0.25, 0.3) is 11.0 Å². The van der Waals surface area contributed by atoms with Crippen molar-refractivity contribution < 1.29 is 14.3 Å². The Morgan fingerprint density at radius 3 is 3.19 bits per heavy atom. The Kier molecular flexibility index (Phi) is 3.74. The Bertz CT molecular complexity index is 441. The zero-order chi connectivity index (χ0) is 11.2.